The molecule has 2 aliphatic rings. The van der Waals surface area contributed by atoms with Crippen LogP contribution < -0.4 is 5.32 Å². The van der Waals surface area contributed by atoms with Gasteiger partial charge in [-0.2, -0.15) is 0 Å². The minimum absolute atomic E-state index is 0.134. The zero-order chi connectivity index (χ0) is 9.80. The van der Waals surface area contributed by atoms with E-state index in [0.29, 0.717) is 6.61 Å². The van der Waals surface area contributed by atoms with Gasteiger partial charge in [0.2, 0.25) is 0 Å². The van der Waals surface area contributed by atoms with E-state index in [0.717, 1.165) is 25.0 Å². The Morgan fingerprint density at radius 3 is 2.57 bits per heavy atom. The van der Waals surface area contributed by atoms with Gasteiger partial charge in [0, 0.05) is 19.6 Å². The zero-order valence-corrected chi connectivity index (χ0v) is 8.61. The molecule has 2 rings (SSSR count). The second-order valence-electron chi connectivity index (χ2n) is 4.27. The molecule has 0 aromatic carbocycles. The summed E-state index contributed by atoms with van der Waals surface area (Å²) in [7, 11) is 0. The van der Waals surface area contributed by atoms with Gasteiger partial charge in [-0.3, -0.25) is 0 Å². The molecule has 2 unspecified atom stereocenters. The summed E-state index contributed by atoms with van der Waals surface area (Å²) in [6, 6.07) is 0. The third-order valence-electron chi connectivity index (χ3n) is 3.25. The van der Waals surface area contributed by atoms with E-state index in [1.54, 1.807) is 0 Å². The van der Waals surface area contributed by atoms with Crippen LogP contribution in [0.2, 0.25) is 0 Å². The van der Waals surface area contributed by atoms with Crippen LogP contribution in [0.3, 0.4) is 0 Å². The Hall–Kier alpha value is -0.160. The Kier molecular flexibility index (Phi) is 3.75. The van der Waals surface area contributed by atoms with Crippen molar-refractivity contribution in [3.63, 3.8) is 0 Å². The lowest BCUT2D eigenvalue weighted by Crippen LogP contribution is -2.29. The summed E-state index contributed by atoms with van der Waals surface area (Å²) >= 11 is 0. The van der Waals surface area contributed by atoms with Crippen molar-refractivity contribution in [1.29, 1.82) is 0 Å². The highest BCUT2D eigenvalue weighted by Crippen LogP contribution is 2.25. The Morgan fingerprint density at radius 1 is 1.21 bits per heavy atom. The molecule has 0 amide bonds. The number of ether oxygens (including phenoxy) is 1. The molecule has 2 N–H and O–H groups in total. The van der Waals surface area contributed by atoms with Crippen LogP contribution in [-0.4, -0.2) is 62.6 Å². The van der Waals surface area contributed by atoms with Gasteiger partial charge in [-0.05, 0) is 24.9 Å². The van der Waals surface area contributed by atoms with E-state index < -0.39 is 0 Å². The molecule has 0 aliphatic carbocycles. The minimum Gasteiger partial charge on any atom is -0.394 e. The van der Waals surface area contributed by atoms with Crippen molar-refractivity contribution in [2.45, 2.75) is 0 Å². The molecule has 0 bridgehead atoms. The topological polar surface area (TPSA) is 44.7 Å². The van der Waals surface area contributed by atoms with Crippen molar-refractivity contribution < 1.29 is 9.84 Å². The predicted molar refractivity (Wildman–Crippen MR) is 54.2 cm³/mol. The first-order valence-corrected chi connectivity index (χ1v) is 5.52. The molecule has 2 aliphatic heterocycles. The van der Waals surface area contributed by atoms with Gasteiger partial charge < -0.3 is 20.1 Å². The van der Waals surface area contributed by atoms with E-state index in [1.807, 2.05) is 0 Å². The summed E-state index contributed by atoms with van der Waals surface area (Å²) in [5.41, 5.74) is 0. The predicted octanol–water partition coefficient (Wildman–Crippen LogP) is -0.853. The maximum atomic E-state index is 8.54. The highest BCUT2D eigenvalue weighted by Gasteiger charge is 2.35. The first-order valence-electron chi connectivity index (χ1n) is 5.52. The average molecular weight is 200 g/mol. The third-order valence-corrected chi connectivity index (χ3v) is 3.25. The summed E-state index contributed by atoms with van der Waals surface area (Å²) < 4.78 is 5.26. The lowest BCUT2D eigenvalue weighted by atomic mass is 10.0. The maximum absolute atomic E-state index is 8.54. The van der Waals surface area contributed by atoms with Crippen LogP contribution in [0, 0.1) is 11.8 Å². The highest BCUT2D eigenvalue weighted by atomic mass is 16.5. The van der Waals surface area contributed by atoms with Crippen LogP contribution in [0.1, 0.15) is 0 Å². The minimum atomic E-state index is 0.134. The van der Waals surface area contributed by atoms with Crippen LogP contribution in [0.5, 0.6) is 0 Å². The van der Waals surface area contributed by atoms with Gasteiger partial charge in [0.15, 0.2) is 0 Å². The molecule has 2 saturated heterocycles. The summed E-state index contributed by atoms with van der Waals surface area (Å²) in [5.74, 6) is 1.74. The van der Waals surface area contributed by atoms with E-state index >= 15 is 0 Å². The maximum Gasteiger partial charge on any atom is 0.0698 e. The Morgan fingerprint density at radius 2 is 1.93 bits per heavy atom. The van der Waals surface area contributed by atoms with Crippen LogP contribution in [-0.2, 0) is 4.74 Å². The van der Waals surface area contributed by atoms with Crippen LogP contribution in [0.15, 0.2) is 0 Å². The Balaban J connectivity index is 1.60. The monoisotopic (exact) mass is 200 g/mol. The quantitative estimate of drug-likeness (QED) is 0.567. The van der Waals surface area contributed by atoms with E-state index in [2.05, 4.69) is 10.2 Å². The number of nitrogens with one attached hydrogen (secondary N) is 1. The van der Waals surface area contributed by atoms with E-state index in [9.17, 15) is 0 Å². The number of aliphatic hydroxyl groups is 1. The fraction of sp³-hybridized carbons (Fsp3) is 1.00. The molecule has 2 atom stereocenters. The number of hydrogen-bond donors (Lipinski definition) is 2. The number of hydrogen-bond acceptors (Lipinski definition) is 4. The van der Waals surface area contributed by atoms with Crippen LogP contribution in [0.4, 0.5) is 0 Å². The van der Waals surface area contributed by atoms with Gasteiger partial charge in [0.05, 0.1) is 19.8 Å². The first-order chi connectivity index (χ1) is 6.90. The second-order valence-corrected chi connectivity index (χ2v) is 4.27. The SMILES string of the molecule is OCCOCCN1CC2CNCC2C1. The first kappa shape index (κ1) is 10.4. The van der Waals surface area contributed by atoms with Gasteiger partial charge >= 0.3 is 0 Å². The number of aliphatic hydroxyl groups excluding tert-OH is 1. The van der Waals surface area contributed by atoms with Crippen molar-refractivity contribution in [3.8, 4) is 0 Å². The van der Waals surface area contributed by atoms with E-state index in [1.165, 1.54) is 26.2 Å². The van der Waals surface area contributed by atoms with Crippen molar-refractivity contribution in [1.82, 2.24) is 10.2 Å². The summed E-state index contributed by atoms with van der Waals surface area (Å²) in [6.07, 6.45) is 0. The van der Waals surface area contributed by atoms with Gasteiger partial charge in [0.25, 0.3) is 0 Å². The fourth-order valence-electron chi connectivity index (χ4n) is 2.50. The standard InChI is InChI=1S/C10H20N2O2/c13-2-4-14-3-1-12-7-9-5-11-6-10(9)8-12/h9-11,13H,1-8H2. The smallest absolute Gasteiger partial charge is 0.0698 e. The number of fused-ring (bicyclic) bond motifs is 1. The molecule has 0 aromatic rings. The lowest BCUT2D eigenvalue weighted by molar-refractivity contribution is 0.0768. The molecule has 82 valence electrons. The second kappa shape index (κ2) is 5.07. The average Bonchev–Trinajstić information content (AvgIpc) is 2.72. The summed E-state index contributed by atoms with van der Waals surface area (Å²) in [6.45, 7) is 7.22. The fourth-order valence-corrected chi connectivity index (χ4v) is 2.50. The molecule has 2 heterocycles. The molecule has 0 spiro atoms. The summed E-state index contributed by atoms with van der Waals surface area (Å²) in [5, 5.41) is 12.0. The number of nitrogens with zero attached hydrogens (tertiary/aromatic N) is 1. The molecule has 0 saturated carbocycles. The van der Waals surface area contributed by atoms with Gasteiger partial charge in [-0.1, -0.05) is 0 Å². The lowest BCUT2D eigenvalue weighted by Gasteiger charge is -2.16. The molecular formula is C10H20N2O2. The van der Waals surface area contributed by atoms with Crippen molar-refractivity contribution in [2.24, 2.45) is 11.8 Å². The van der Waals surface area contributed by atoms with Crippen molar-refractivity contribution in [2.75, 3.05) is 52.5 Å². The van der Waals surface area contributed by atoms with Gasteiger partial charge in [-0.25, -0.2) is 0 Å². The van der Waals surface area contributed by atoms with Gasteiger partial charge in [-0.15, -0.1) is 0 Å². The Labute approximate surface area is 85.2 Å². The van der Waals surface area contributed by atoms with Gasteiger partial charge in [0.1, 0.15) is 0 Å². The molecule has 14 heavy (non-hydrogen) atoms. The van der Waals surface area contributed by atoms with Crippen LogP contribution in [0.25, 0.3) is 0 Å². The molecule has 0 aromatic heterocycles. The molecular weight excluding hydrogens is 180 g/mol. The third kappa shape index (κ3) is 2.45. The molecule has 4 heteroatoms. The number of rotatable bonds is 5. The largest absolute Gasteiger partial charge is 0.394 e. The molecule has 4 nitrogen and oxygen atoms in total. The zero-order valence-electron chi connectivity index (χ0n) is 8.61. The highest BCUT2D eigenvalue weighted by molar-refractivity contribution is 4.90. The molecule has 0 radical (unpaired) electrons. The van der Waals surface area contributed by atoms with Crippen molar-refractivity contribution in [3.05, 3.63) is 0 Å². The normalized spacial score (nSPS) is 32.4. The Bertz CT molecular complexity index is 166. The molecule has 2 fully saturated rings. The van der Waals surface area contributed by atoms with Crippen LogP contribution >= 0.6 is 0 Å². The van der Waals surface area contributed by atoms with Crippen molar-refractivity contribution >= 4 is 0 Å². The summed E-state index contributed by atoms with van der Waals surface area (Å²) in [4.78, 5) is 2.48. The number of likely N-dealkylation sites (tertiary alicyclic amines) is 1. The van der Waals surface area contributed by atoms with E-state index in [-0.39, 0.29) is 6.61 Å². The van der Waals surface area contributed by atoms with E-state index in [4.69, 9.17) is 9.84 Å².